The van der Waals surface area contributed by atoms with Crippen LogP contribution in [0.15, 0.2) is 48.6 Å². The van der Waals surface area contributed by atoms with E-state index in [1.165, 1.54) is 11.1 Å². The smallest absolute Gasteiger partial charge is 0.263 e. The first-order valence-electron chi connectivity index (χ1n) is 15.5. The monoisotopic (exact) mass is 622 g/mol. The van der Waals surface area contributed by atoms with Crippen molar-refractivity contribution in [1.82, 2.24) is 4.72 Å². The van der Waals surface area contributed by atoms with Gasteiger partial charge in [0, 0.05) is 40.3 Å². The molecule has 2 N–H and O–H groups in total. The van der Waals surface area contributed by atoms with Crippen LogP contribution in [0, 0.1) is 29.6 Å². The van der Waals surface area contributed by atoms with E-state index in [1.54, 1.807) is 6.07 Å². The molecular weight excluding hydrogens is 580 g/mol. The number of nitrogens with zero attached hydrogens (tertiary/aromatic N) is 1. The Balaban J connectivity index is 1.51. The summed E-state index contributed by atoms with van der Waals surface area (Å²) in [7, 11) is -1.46. The van der Waals surface area contributed by atoms with Crippen LogP contribution in [0.5, 0.6) is 5.75 Å². The molecule has 8 heteroatoms. The van der Waals surface area contributed by atoms with Gasteiger partial charge in [-0.3, -0.25) is 9.52 Å². The summed E-state index contributed by atoms with van der Waals surface area (Å²) in [4.78, 5) is 15.6. The normalized spacial score (nSPS) is 24.2. The molecule has 1 amide bonds. The molecule has 2 aromatic carbocycles. The first-order chi connectivity index (χ1) is 20.7. The van der Waals surface area contributed by atoms with E-state index in [-0.39, 0.29) is 29.1 Å². The van der Waals surface area contributed by atoms with E-state index in [9.17, 15) is 14.1 Å². The highest BCUT2D eigenvalue weighted by molar-refractivity contribution is 7.84. The lowest BCUT2D eigenvalue weighted by atomic mass is 9.66. The van der Waals surface area contributed by atoms with Gasteiger partial charge in [0.1, 0.15) is 23.3 Å². The summed E-state index contributed by atoms with van der Waals surface area (Å²) in [5.74, 6) is 7.52. The minimum absolute atomic E-state index is 0.100. The van der Waals surface area contributed by atoms with Crippen molar-refractivity contribution < 1.29 is 18.8 Å². The molecule has 4 unspecified atom stereocenters. The number of aliphatic hydroxyl groups excluding tert-OH is 1. The second-order valence-electron chi connectivity index (χ2n) is 12.4. The van der Waals surface area contributed by atoms with Gasteiger partial charge in [-0.25, -0.2) is 4.21 Å². The molecule has 0 radical (unpaired) electrons. The third kappa shape index (κ3) is 6.98. The van der Waals surface area contributed by atoms with Crippen molar-refractivity contribution in [1.29, 1.82) is 0 Å². The first-order valence-corrected chi connectivity index (χ1v) is 17.1. The summed E-state index contributed by atoms with van der Waals surface area (Å²) in [6, 6.07) is 11.8. The van der Waals surface area contributed by atoms with E-state index in [4.69, 9.17) is 16.3 Å². The lowest BCUT2D eigenvalue weighted by Crippen LogP contribution is -2.49. The average molecular weight is 623 g/mol. The van der Waals surface area contributed by atoms with Crippen LogP contribution >= 0.6 is 11.6 Å². The Morgan fingerprint density at radius 3 is 2.84 bits per heavy atom. The van der Waals surface area contributed by atoms with Gasteiger partial charge in [0.15, 0.2) is 0 Å². The molecule has 43 heavy (non-hydrogen) atoms. The highest BCUT2D eigenvalue weighted by atomic mass is 35.5. The van der Waals surface area contributed by atoms with Gasteiger partial charge >= 0.3 is 0 Å². The maximum atomic E-state index is 13.1. The molecule has 5 atom stereocenters. The summed E-state index contributed by atoms with van der Waals surface area (Å²) in [5.41, 5.74) is 3.74. The summed E-state index contributed by atoms with van der Waals surface area (Å²) >= 11 is 6.42. The van der Waals surface area contributed by atoms with E-state index in [2.05, 4.69) is 52.7 Å². The second-order valence-corrected chi connectivity index (χ2v) is 14.6. The molecule has 5 rings (SSSR count). The molecule has 2 aliphatic carbocycles. The van der Waals surface area contributed by atoms with E-state index in [0.717, 1.165) is 68.1 Å². The third-order valence-corrected chi connectivity index (χ3v) is 10.7. The van der Waals surface area contributed by atoms with Crippen molar-refractivity contribution >= 4 is 34.2 Å². The number of benzene rings is 2. The minimum Gasteiger partial charge on any atom is -0.490 e. The van der Waals surface area contributed by atoms with Gasteiger partial charge in [0.05, 0.1) is 12.3 Å². The van der Waals surface area contributed by atoms with Crippen molar-refractivity contribution in [3.63, 3.8) is 0 Å². The zero-order valence-electron chi connectivity index (χ0n) is 25.4. The molecule has 0 saturated heterocycles. The fourth-order valence-corrected chi connectivity index (χ4v) is 7.58. The number of hydrogen-bond acceptors (Lipinski definition) is 5. The molecule has 0 aromatic heterocycles. The quantitative estimate of drug-likeness (QED) is 0.270. The molecule has 1 heterocycles. The number of halogens is 1. The Bertz CT molecular complexity index is 1450. The van der Waals surface area contributed by atoms with Crippen LogP contribution in [0.1, 0.15) is 74.4 Å². The number of anilines is 1. The van der Waals surface area contributed by atoms with E-state index < -0.39 is 11.0 Å². The third-order valence-electron chi connectivity index (χ3n) is 9.24. The molecule has 1 saturated carbocycles. The van der Waals surface area contributed by atoms with Crippen LogP contribution in [0.4, 0.5) is 5.69 Å². The number of fused-ring (bicyclic) bond motifs is 3. The number of rotatable bonds is 8. The van der Waals surface area contributed by atoms with Crippen molar-refractivity contribution in [2.45, 2.75) is 70.0 Å². The summed E-state index contributed by atoms with van der Waals surface area (Å²) in [6.07, 6.45) is 10.6. The van der Waals surface area contributed by atoms with Crippen LogP contribution < -0.4 is 14.4 Å². The molecule has 230 valence electrons. The van der Waals surface area contributed by atoms with Gasteiger partial charge in [0.25, 0.3) is 5.91 Å². The first kappa shape index (κ1) is 31.6. The van der Waals surface area contributed by atoms with Gasteiger partial charge in [0.2, 0.25) is 0 Å². The van der Waals surface area contributed by atoms with E-state index in [1.807, 2.05) is 32.0 Å². The number of amides is 1. The fourth-order valence-electron chi connectivity index (χ4n) is 6.84. The molecule has 2 aromatic rings. The number of allylic oxidation sites excluding steroid dienone is 2. The zero-order chi connectivity index (χ0) is 30.6. The number of carbonyl (C=O) groups excluding carboxylic acids is 1. The highest BCUT2D eigenvalue weighted by Crippen LogP contribution is 2.47. The Labute approximate surface area is 263 Å². The Hall–Kier alpha value is -2.79. The number of hydrogen-bond donors (Lipinski definition) is 2. The number of aryl methyl sites for hydroxylation is 1. The number of nitrogens with one attached hydrogen (secondary N) is 1. The Morgan fingerprint density at radius 2 is 2.12 bits per heavy atom. The zero-order valence-corrected chi connectivity index (χ0v) is 27.0. The van der Waals surface area contributed by atoms with Gasteiger partial charge in [-0.15, -0.1) is 0 Å². The van der Waals surface area contributed by atoms with Crippen LogP contribution in [-0.2, 0) is 22.8 Å². The Kier molecular flexibility index (Phi) is 10.2. The van der Waals surface area contributed by atoms with Crippen molar-refractivity contribution in [3.8, 4) is 17.6 Å². The SMILES string of the molecule is CC/C=C/C(C#CCO)C1CCC1CN1C[C@@]2(CCCc3cc(Cl)ccc32)COc2ccc(C(=O)NS(=O)C(C)C)cc21. The molecule has 3 aliphatic rings. The number of aliphatic hydroxyl groups is 1. The fraction of sp³-hybridized carbons (Fsp3) is 0.514. The number of carbonyl (C=O) groups is 1. The van der Waals surface area contributed by atoms with E-state index >= 15 is 0 Å². The van der Waals surface area contributed by atoms with Crippen molar-refractivity contribution in [3.05, 3.63) is 70.3 Å². The van der Waals surface area contributed by atoms with Gasteiger partial charge < -0.3 is 14.7 Å². The van der Waals surface area contributed by atoms with Crippen LogP contribution in [0.3, 0.4) is 0 Å². The average Bonchev–Trinajstić information content (AvgIpc) is 3.13. The molecule has 1 aliphatic heterocycles. The number of ether oxygens (including phenoxy) is 1. The molecule has 6 nitrogen and oxygen atoms in total. The van der Waals surface area contributed by atoms with E-state index in [0.29, 0.717) is 24.0 Å². The summed E-state index contributed by atoms with van der Waals surface area (Å²) in [5, 5.41) is 9.97. The lowest BCUT2D eigenvalue weighted by Gasteiger charge is -2.45. The second kappa shape index (κ2) is 13.9. The maximum Gasteiger partial charge on any atom is 0.263 e. The largest absolute Gasteiger partial charge is 0.490 e. The maximum absolute atomic E-state index is 13.1. The lowest BCUT2D eigenvalue weighted by molar-refractivity contribution is 0.0982. The van der Waals surface area contributed by atoms with Crippen LogP contribution in [0.2, 0.25) is 5.02 Å². The van der Waals surface area contributed by atoms with Gasteiger partial charge in [-0.05, 0) is 106 Å². The van der Waals surface area contributed by atoms with Gasteiger partial charge in [-0.1, -0.05) is 48.6 Å². The van der Waals surface area contributed by atoms with Crippen LogP contribution in [0.25, 0.3) is 0 Å². The standard InChI is InChI=1S/C35H43ClN2O4S/c1-4-5-8-25(10-7-18-39)30-14-11-28(30)21-38-22-35(17-6-9-26-19-29(36)13-15-31(26)35)23-42-33-16-12-27(20-32(33)38)34(40)37-43(41)24(2)3/h5,8,12-13,15-16,19-20,24-25,28,30,39H,4,6,9,11,14,17-18,21-23H2,1-3H3,(H,37,40)/b8-5+/t25?,28?,30?,35-,43?/m0/s1. The van der Waals surface area contributed by atoms with Gasteiger partial charge in [-0.2, -0.15) is 0 Å². The van der Waals surface area contributed by atoms with Crippen molar-refractivity contribution in [2.24, 2.45) is 17.8 Å². The molecule has 1 spiro atoms. The van der Waals surface area contributed by atoms with Crippen molar-refractivity contribution in [2.75, 3.05) is 31.2 Å². The summed E-state index contributed by atoms with van der Waals surface area (Å²) < 4.78 is 21.7. The predicted molar refractivity (Wildman–Crippen MR) is 175 cm³/mol. The highest BCUT2D eigenvalue weighted by Gasteiger charge is 2.44. The topological polar surface area (TPSA) is 78.9 Å². The molecule has 1 fully saturated rings. The van der Waals surface area contributed by atoms with Crippen LogP contribution in [-0.4, -0.2) is 46.8 Å². The Morgan fingerprint density at radius 1 is 1.28 bits per heavy atom. The molecule has 0 bridgehead atoms. The predicted octanol–water partition coefficient (Wildman–Crippen LogP) is 6.22. The minimum atomic E-state index is -1.46. The molecular formula is C35H43ClN2O4S. The summed E-state index contributed by atoms with van der Waals surface area (Å²) in [6.45, 7) is 7.75.